The SMILES string of the molecule is Cc1ncc2c(c1CNC(=O)C1CCCO1)CCN(C(=O)c1ccc(C(C)(C)C)cc1)C2. The van der Waals surface area contributed by atoms with Crippen molar-refractivity contribution in [3.63, 3.8) is 0 Å². The Hall–Kier alpha value is -2.73. The Bertz CT molecular complexity index is 1000. The molecule has 1 aromatic carbocycles. The maximum absolute atomic E-state index is 13.1. The second-order valence-electron chi connectivity index (χ2n) is 9.85. The van der Waals surface area contributed by atoms with E-state index in [4.69, 9.17) is 4.74 Å². The fourth-order valence-electron chi connectivity index (χ4n) is 4.50. The van der Waals surface area contributed by atoms with E-state index in [1.165, 1.54) is 11.1 Å². The molecule has 2 aromatic rings. The Balaban J connectivity index is 1.46. The predicted molar refractivity (Wildman–Crippen MR) is 123 cm³/mol. The summed E-state index contributed by atoms with van der Waals surface area (Å²) in [6.07, 6.45) is 4.01. The Morgan fingerprint density at radius 2 is 1.97 bits per heavy atom. The van der Waals surface area contributed by atoms with E-state index < -0.39 is 0 Å². The molecule has 2 aliphatic heterocycles. The smallest absolute Gasteiger partial charge is 0.254 e. The minimum absolute atomic E-state index is 0.0462. The number of aryl methyl sites for hydroxylation is 1. The first-order valence-corrected chi connectivity index (χ1v) is 11.5. The van der Waals surface area contributed by atoms with Gasteiger partial charge in [-0.1, -0.05) is 32.9 Å². The number of nitrogens with one attached hydrogen (secondary N) is 1. The van der Waals surface area contributed by atoms with Crippen LogP contribution in [0.15, 0.2) is 30.5 Å². The normalized spacial score (nSPS) is 18.4. The lowest BCUT2D eigenvalue weighted by molar-refractivity contribution is -0.130. The highest BCUT2D eigenvalue weighted by Gasteiger charge is 2.27. The van der Waals surface area contributed by atoms with E-state index in [2.05, 4.69) is 31.1 Å². The third-order valence-corrected chi connectivity index (χ3v) is 6.54. The minimum Gasteiger partial charge on any atom is -0.368 e. The molecule has 6 heteroatoms. The number of hydrogen-bond acceptors (Lipinski definition) is 4. The van der Waals surface area contributed by atoms with Gasteiger partial charge >= 0.3 is 0 Å². The van der Waals surface area contributed by atoms with Crippen LogP contribution in [0.5, 0.6) is 0 Å². The molecule has 1 fully saturated rings. The zero-order valence-electron chi connectivity index (χ0n) is 19.5. The van der Waals surface area contributed by atoms with E-state index >= 15 is 0 Å². The van der Waals surface area contributed by atoms with Crippen LogP contribution in [-0.2, 0) is 34.5 Å². The summed E-state index contributed by atoms with van der Waals surface area (Å²) in [6.45, 7) is 10.8. The molecule has 3 heterocycles. The molecule has 0 aliphatic carbocycles. The average Bonchev–Trinajstić information content (AvgIpc) is 3.32. The van der Waals surface area contributed by atoms with Crippen molar-refractivity contribution in [3.05, 3.63) is 64.0 Å². The first-order chi connectivity index (χ1) is 15.2. The molecular weight excluding hydrogens is 402 g/mol. The zero-order valence-corrected chi connectivity index (χ0v) is 19.5. The molecule has 32 heavy (non-hydrogen) atoms. The minimum atomic E-state index is -0.333. The number of carbonyl (C=O) groups is 2. The summed E-state index contributed by atoms with van der Waals surface area (Å²) in [6, 6.07) is 7.95. The molecule has 0 spiro atoms. The number of rotatable bonds is 4. The van der Waals surface area contributed by atoms with Crippen molar-refractivity contribution in [3.8, 4) is 0 Å². The number of ether oxygens (including phenoxy) is 1. The summed E-state index contributed by atoms with van der Waals surface area (Å²) in [5.74, 6) is -0.00394. The van der Waals surface area contributed by atoms with Crippen LogP contribution in [0.4, 0.5) is 0 Å². The molecule has 1 unspecified atom stereocenters. The number of amides is 2. The number of pyridine rings is 1. The highest BCUT2D eigenvalue weighted by atomic mass is 16.5. The van der Waals surface area contributed by atoms with Crippen LogP contribution in [-0.4, -0.2) is 41.0 Å². The first-order valence-electron chi connectivity index (χ1n) is 11.5. The topological polar surface area (TPSA) is 71.5 Å². The largest absolute Gasteiger partial charge is 0.368 e. The standard InChI is InChI=1S/C26H33N3O3/c1-17-22(15-28-24(30)23-6-5-13-32-23)21-11-12-29(16-19(21)14-27-17)25(31)18-7-9-20(10-8-18)26(2,3)4/h7-10,14,23H,5-6,11-13,15-16H2,1-4H3,(H,28,30). The summed E-state index contributed by atoms with van der Waals surface area (Å²) in [5, 5.41) is 3.02. The van der Waals surface area contributed by atoms with Gasteiger partial charge in [0.05, 0.1) is 0 Å². The zero-order chi connectivity index (χ0) is 22.9. The average molecular weight is 436 g/mol. The first kappa shape index (κ1) is 22.5. The third kappa shape index (κ3) is 4.70. The van der Waals surface area contributed by atoms with Gasteiger partial charge in [0.25, 0.3) is 5.91 Å². The van der Waals surface area contributed by atoms with Gasteiger partial charge in [-0.25, -0.2) is 0 Å². The molecule has 0 bridgehead atoms. The third-order valence-electron chi connectivity index (χ3n) is 6.54. The summed E-state index contributed by atoms with van der Waals surface area (Å²) < 4.78 is 5.48. The van der Waals surface area contributed by atoms with Crippen LogP contribution in [0.25, 0.3) is 0 Å². The molecule has 6 nitrogen and oxygen atoms in total. The van der Waals surface area contributed by atoms with E-state index in [0.717, 1.165) is 36.1 Å². The van der Waals surface area contributed by atoms with Gasteiger partial charge in [0.2, 0.25) is 5.91 Å². The van der Waals surface area contributed by atoms with Gasteiger partial charge in [0.15, 0.2) is 0 Å². The summed E-state index contributed by atoms with van der Waals surface area (Å²) in [5.41, 5.74) is 6.24. The van der Waals surface area contributed by atoms with Crippen molar-refractivity contribution in [2.24, 2.45) is 0 Å². The second-order valence-corrected chi connectivity index (χ2v) is 9.85. The van der Waals surface area contributed by atoms with Crippen LogP contribution < -0.4 is 5.32 Å². The van der Waals surface area contributed by atoms with Crippen LogP contribution >= 0.6 is 0 Å². The van der Waals surface area contributed by atoms with Gasteiger partial charge in [0, 0.05) is 43.7 Å². The number of benzene rings is 1. The van der Waals surface area contributed by atoms with Gasteiger partial charge in [0.1, 0.15) is 6.10 Å². The summed E-state index contributed by atoms with van der Waals surface area (Å²) in [7, 11) is 0. The molecule has 170 valence electrons. The van der Waals surface area contributed by atoms with Crippen molar-refractivity contribution < 1.29 is 14.3 Å². The van der Waals surface area contributed by atoms with Gasteiger partial charge in [-0.05, 0) is 66.0 Å². The molecule has 1 saturated heterocycles. The molecule has 4 rings (SSSR count). The monoisotopic (exact) mass is 435 g/mol. The van der Waals surface area contributed by atoms with E-state index in [1.807, 2.05) is 42.3 Å². The van der Waals surface area contributed by atoms with E-state index in [9.17, 15) is 9.59 Å². The maximum atomic E-state index is 13.1. The van der Waals surface area contributed by atoms with Gasteiger partial charge < -0.3 is 15.0 Å². The predicted octanol–water partition coefficient (Wildman–Crippen LogP) is 3.68. The lowest BCUT2D eigenvalue weighted by atomic mass is 9.86. The number of aromatic nitrogens is 1. The van der Waals surface area contributed by atoms with Crippen LogP contribution in [0.3, 0.4) is 0 Å². The van der Waals surface area contributed by atoms with Crippen molar-refractivity contribution in [1.29, 1.82) is 0 Å². The van der Waals surface area contributed by atoms with Crippen molar-refractivity contribution in [2.75, 3.05) is 13.2 Å². The van der Waals surface area contributed by atoms with Crippen molar-refractivity contribution >= 4 is 11.8 Å². The second kappa shape index (κ2) is 9.02. The number of nitrogens with zero attached hydrogens (tertiary/aromatic N) is 2. The van der Waals surface area contributed by atoms with Gasteiger partial charge in [-0.3, -0.25) is 14.6 Å². The molecule has 2 aliphatic rings. The fourth-order valence-corrected chi connectivity index (χ4v) is 4.50. The van der Waals surface area contributed by atoms with E-state index in [1.54, 1.807) is 0 Å². The fraction of sp³-hybridized carbons (Fsp3) is 0.500. The summed E-state index contributed by atoms with van der Waals surface area (Å²) in [4.78, 5) is 31.9. The van der Waals surface area contributed by atoms with Crippen LogP contribution in [0, 0.1) is 6.92 Å². The number of hydrogen-bond donors (Lipinski definition) is 1. The van der Waals surface area contributed by atoms with Crippen LogP contribution in [0.1, 0.15) is 71.9 Å². The van der Waals surface area contributed by atoms with E-state index in [-0.39, 0.29) is 23.3 Å². The van der Waals surface area contributed by atoms with Gasteiger partial charge in [-0.2, -0.15) is 0 Å². The van der Waals surface area contributed by atoms with E-state index in [0.29, 0.717) is 31.8 Å². The molecule has 0 radical (unpaired) electrons. The van der Waals surface area contributed by atoms with Crippen LogP contribution in [0.2, 0.25) is 0 Å². The lowest BCUT2D eigenvalue weighted by Gasteiger charge is -2.31. The highest BCUT2D eigenvalue weighted by Crippen LogP contribution is 2.26. The highest BCUT2D eigenvalue weighted by molar-refractivity contribution is 5.94. The number of carbonyl (C=O) groups excluding carboxylic acids is 2. The summed E-state index contributed by atoms with van der Waals surface area (Å²) >= 11 is 0. The Labute approximate surface area is 190 Å². The quantitative estimate of drug-likeness (QED) is 0.795. The van der Waals surface area contributed by atoms with Crippen molar-refractivity contribution in [2.45, 2.75) is 71.6 Å². The molecule has 2 amide bonds. The molecular formula is C26H33N3O3. The van der Waals surface area contributed by atoms with Crippen molar-refractivity contribution in [1.82, 2.24) is 15.2 Å². The Morgan fingerprint density at radius 3 is 2.62 bits per heavy atom. The Morgan fingerprint density at radius 1 is 1.22 bits per heavy atom. The molecule has 1 atom stereocenters. The molecule has 0 saturated carbocycles. The number of fused-ring (bicyclic) bond motifs is 1. The Kier molecular flexibility index (Phi) is 6.33. The lowest BCUT2D eigenvalue weighted by Crippen LogP contribution is -2.38. The molecule has 1 aromatic heterocycles. The molecule has 1 N–H and O–H groups in total. The maximum Gasteiger partial charge on any atom is 0.254 e. The van der Waals surface area contributed by atoms with Gasteiger partial charge in [-0.15, -0.1) is 0 Å².